The van der Waals surface area contributed by atoms with Crippen molar-refractivity contribution < 1.29 is 13.9 Å². The number of hydrogen-bond donors (Lipinski definition) is 1. The van der Waals surface area contributed by atoms with E-state index < -0.39 is 5.82 Å². The molecule has 3 aromatic rings. The minimum atomic E-state index is -0.416. The van der Waals surface area contributed by atoms with E-state index in [1.165, 1.54) is 35.4 Å². The molecule has 172 valence electrons. The minimum absolute atomic E-state index is 0.267. The van der Waals surface area contributed by atoms with Crippen LogP contribution in [0.3, 0.4) is 0 Å². The lowest BCUT2D eigenvalue weighted by Crippen LogP contribution is -2.20. The highest BCUT2D eigenvalue weighted by atomic mass is 35.5. The molecule has 0 aliphatic rings. The predicted octanol–water partition coefficient (Wildman–Crippen LogP) is 5.87. The quantitative estimate of drug-likeness (QED) is 0.275. The van der Waals surface area contributed by atoms with Gasteiger partial charge < -0.3 is 9.64 Å². The van der Waals surface area contributed by atoms with E-state index in [1.807, 2.05) is 11.8 Å². The Morgan fingerprint density at radius 1 is 1.33 bits per heavy atom. The molecular weight excluding hydrogens is 483 g/mol. The van der Waals surface area contributed by atoms with E-state index >= 15 is 0 Å². The summed E-state index contributed by atoms with van der Waals surface area (Å²) in [6.07, 6.45) is 0.827. The third kappa shape index (κ3) is 6.68. The van der Waals surface area contributed by atoms with Crippen molar-refractivity contribution in [1.29, 1.82) is 5.26 Å². The van der Waals surface area contributed by atoms with Crippen LogP contribution >= 0.6 is 34.9 Å². The van der Waals surface area contributed by atoms with E-state index in [0.29, 0.717) is 40.1 Å². The molecule has 0 spiro atoms. The fraction of sp³-hybridized carbons (Fsp3) is 0.261. The van der Waals surface area contributed by atoms with Crippen molar-refractivity contribution in [3.63, 3.8) is 0 Å². The number of benzene rings is 2. The van der Waals surface area contributed by atoms with Gasteiger partial charge in [0.25, 0.3) is 5.91 Å². The van der Waals surface area contributed by atoms with E-state index in [1.54, 1.807) is 37.4 Å². The van der Waals surface area contributed by atoms with Crippen LogP contribution in [0.5, 0.6) is 0 Å². The maximum Gasteiger partial charge on any atom is 0.280 e. The van der Waals surface area contributed by atoms with Gasteiger partial charge in [-0.3, -0.25) is 9.52 Å². The third-order valence-corrected chi connectivity index (χ3v) is 6.81. The Balaban J connectivity index is 1.88. The zero-order valence-electron chi connectivity index (χ0n) is 18.1. The zero-order valence-corrected chi connectivity index (χ0v) is 20.5. The van der Waals surface area contributed by atoms with E-state index in [4.69, 9.17) is 21.6 Å². The Morgan fingerprint density at radius 2 is 2.09 bits per heavy atom. The first-order valence-corrected chi connectivity index (χ1v) is 12.2. The summed E-state index contributed by atoms with van der Waals surface area (Å²) in [5.41, 5.74) is 2.34. The second-order valence-electron chi connectivity index (χ2n) is 7.01. The molecule has 0 atom stereocenters. The lowest BCUT2D eigenvalue weighted by Gasteiger charge is -2.23. The Hall–Kier alpha value is -2.64. The van der Waals surface area contributed by atoms with Gasteiger partial charge >= 0.3 is 0 Å². The number of carbonyl (C=O) groups excluding carboxylic acids is 1. The van der Waals surface area contributed by atoms with Crippen LogP contribution in [0.2, 0.25) is 5.02 Å². The van der Waals surface area contributed by atoms with E-state index in [-0.39, 0.29) is 5.91 Å². The van der Waals surface area contributed by atoms with Gasteiger partial charge in [-0.15, -0.1) is 11.3 Å². The summed E-state index contributed by atoms with van der Waals surface area (Å²) in [4.78, 5) is 19.9. The third-order valence-electron chi connectivity index (χ3n) is 4.64. The van der Waals surface area contributed by atoms with Crippen LogP contribution < -0.4 is 9.62 Å². The van der Waals surface area contributed by atoms with Gasteiger partial charge in [-0.1, -0.05) is 29.6 Å². The predicted molar refractivity (Wildman–Crippen MR) is 132 cm³/mol. The molecule has 1 heterocycles. The smallest absolute Gasteiger partial charge is 0.280 e. The number of carbonyl (C=O) groups is 1. The summed E-state index contributed by atoms with van der Waals surface area (Å²) in [6.45, 7) is 2.78. The number of methoxy groups -OCH3 is 1. The van der Waals surface area contributed by atoms with Gasteiger partial charge in [0.15, 0.2) is 5.13 Å². The Bertz CT molecular complexity index is 1150. The lowest BCUT2D eigenvalue weighted by molar-refractivity contribution is 0.0979. The van der Waals surface area contributed by atoms with Crippen LogP contribution in [0, 0.1) is 24.1 Å². The van der Waals surface area contributed by atoms with Crippen molar-refractivity contribution >= 4 is 51.6 Å². The minimum Gasteiger partial charge on any atom is -0.385 e. The van der Waals surface area contributed by atoms with Gasteiger partial charge in [-0.2, -0.15) is 5.26 Å². The lowest BCUT2D eigenvalue weighted by atomic mass is 10.1. The molecule has 1 amide bonds. The number of halogens is 2. The average molecular weight is 505 g/mol. The number of aryl methyl sites for hydroxylation is 1. The van der Waals surface area contributed by atoms with Gasteiger partial charge in [0, 0.05) is 35.1 Å². The van der Waals surface area contributed by atoms with Gasteiger partial charge in [-0.05, 0) is 55.3 Å². The molecule has 0 saturated carbocycles. The van der Waals surface area contributed by atoms with Crippen LogP contribution in [-0.4, -0.2) is 30.4 Å². The first-order valence-electron chi connectivity index (χ1n) is 10.0. The summed E-state index contributed by atoms with van der Waals surface area (Å²) >= 11 is 8.96. The molecular formula is C23H22ClFN4O2S2. The second kappa shape index (κ2) is 12.0. The first-order chi connectivity index (χ1) is 15.9. The number of amides is 1. The molecule has 0 unspecified atom stereocenters. The molecule has 0 fully saturated rings. The van der Waals surface area contributed by atoms with Crippen LogP contribution in [0.15, 0.2) is 42.5 Å². The number of ether oxygens (including phenoxy) is 1. The molecule has 6 nitrogen and oxygen atoms in total. The number of nitrogens with zero attached hydrogens (tertiary/aromatic N) is 3. The Labute approximate surface area is 205 Å². The molecule has 0 aliphatic carbocycles. The average Bonchev–Trinajstić information content (AvgIpc) is 3.20. The number of thiazole rings is 1. The van der Waals surface area contributed by atoms with Crippen LogP contribution in [-0.2, 0) is 11.3 Å². The highest BCUT2D eigenvalue weighted by molar-refractivity contribution is 7.97. The maximum atomic E-state index is 13.5. The highest BCUT2D eigenvalue weighted by Gasteiger charge is 2.21. The molecule has 0 radical (unpaired) electrons. The topological polar surface area (TPSA) is 78.2 Å². The van der Waals surface area contributed by atoms with Gasteiger partial charge in [0.05, 0.1) is 18.2 Å². The fourth-order valence-corrected chi connectivity index (χ4v) is 4.70. The zero-order chi connectivity index (χ0) is 23.8. The molecule has 3 rings (SSSR count). The Kier molecular flexibility index (Phi) is 9.09. The van der Waals surface area contributed by atoms with Crippen molar-refractivity contribution in [2.75, 3.05) is 24.4 Å². The number of hydrogen-bond acceptors (Lipinski definition) is 7. The molecule has 1 aromatic heterocycles. The van der Waals surface area contributed by atoms with Crippen LogP contribution in [0.4, 0.5) is 15.2 Å². The van der Waals surface area contributed by atoms with Gasteiger partial charge in [-0.25, -0.2) is 9.37 Å². The van der Waals surface area contributed by atoms with Crippen LogP contribution in [0.1, 0.15) is 32.9 Å². The molecule has 0 bridgehead atoms. The maximum absolute atomic E-state index is 13.5. The van der Waals surface area contributed by atoms with Crippen molar-refractivity contribution in [3.05, 3.63) is 75.0 Å². The van der Waals surface area contributed by atoms with Gasteiger partial charge in [0.2, 0.25) is 0 Å². The normalized spacial score (nSPS) is 10.6. The largest absolute Gasteiger partial charge is 0.385 e. The first kappa shape index (κ1) is 25.0. The van der Waals surface area contributed by atoms with Crippen molar-refractivity contribution in [3.8, 4) is 6.07 Å². The standard InChI is InChI=1S/C23H22ClFN4O2S2/c1-15-21(22(30)28-32-11-3-10-31-2)27-23(33-15)29(19-8-4-16(13-26)5-9-19)14-17-6-7-18(25)12-20(17)24/h4-9,12H,3,10-11,14H2,1-2H3,(H,28,30). The molecule has 33 heavy (non-hydrogen) atoms. The SMILES string of the molecule is COCCCSNC(=O)c1nc(N(Cc2ccc(F)cc2Cl)c2ccc(C#N)cc2)sc1C. The van der Waals surface area contributed by atoms with E-state index in [2.05, 4.69) is 15.8 Å². The number of anilines is 2. The van der Waals surface area contributed by atoms with Crippen LogP contribution in [0.25, 0.3) is 0 Å². The Morgan fingerprint density at radius 3 is 2.76 bits per heavy atom. The summed E-state index contributed by atoms with van der Waals surface area (Å²) in [5.74, 6) is 0.0495. The number of nitriles is 1. The molecule has 2 aromatic carbocycles. The van der Waals surface area contributed by atoms with E-state index in [0.717, 1.165) is 22.7 Å². The summed E-state index contributed by atoms with van der Waals surface area (Å²) in [5, 5.41) is 10.0. The monoisotopic (exact) mass is 504 g/mol. The number of nitrogens with one attached hydrogen (secondary N) is 1. The molecule has 10 heteroatoms. The van der Waals surface area contributed by atoms with E-state index in [9.17, 15) is 9.18 Å². The molecule has 0 aliphatic heterocycles. The molecule has 1 N–H and O–H groups in total. The summed E-state index contributed by atoms with van der Waals surface area (Å²) in [6, 6.07) is 13.4. The summed E-state index contributed by atoms with van der Waals surface area (Å²) < 4.78 is 21.4. The molecule has 0 saturated heterocycles. The van der Waals surface area contributed by atoms with Crippen molar-refractivity contribution in [1.82, 2.24) is 9.71 Å². The summed E-state index contributed by atoms with van der Waals surface area (Å²) in [7, 11) is 1.64. The van der Waals surface area contributed by atoms with Gasteiger partial charge in [0.1, 0.15) is 11.5 Å². The fourth-order valence-electron chi connectivity index (χ4n) is 2.95. The van der Waals surface area contributed by atoms with Crippen molar-refractivity contribution in [2.24, 2.45) is 0 Å². The second-order valence-corrected chi connectivity index (χ2v) is 9.50. The number of aromatic nitrogens is 1. The van der Waals surface area contributed by atoms with Crippen molar-refractivity contribution in [2.45, 2.75) is 19.9 Å². The highest BCUT2D eigenvalue weighted by Crippen LogP contribution is 2.34. The number of rotatable bonds is 10.